The van der Waals surface area contributed by atoms with Gasteiger partial charge in [-0.3, -0.25) is 0 Å². The number of aromatic nitrogens is 2. The van der Waals surface area contributed by atoms with Crippen molar-refractivity contribution in [3.8, 4) is 56.1 Å². The van der Waals surface area contributed by atoms with Crippen LogP contribution in [0.1, 0.15) is 158 Å². The van der Waals surface area contributed by atoms with Crippen LogP contribution in [0.4, 0.5) is 0 Å². The number of hydrogen-bond acceptors (Lipinski definition) is 0. The van der Waals surface area contributed by atoms with Crippen molar-refractivity contribution in [2.45, 2.75) is 157 Å². The van der Waals surface area contributed by atoms with E-state index in [1.54, 1.807) is 0 Å². The van der Waals surface area contributed by atoms with E-state index in [1.807, 2.05) is 0 Å². The average Bonchev–Trinajstić information content (AvgIpc) is 3.88. The third-order valence-electron chi connectivity index (χ3n) is 16.1. The molecule has 2 heterocycles. The van der Waals surface area contributed by atoms with Crippen molar-refractivity contribution in [2.24, 2.45) is 0 Å². The van der Waals surface area contributed by atoms with Gasteiger partial charge in [0.05, 0.1) is 22.4 Å². The van der Waals surface area contributed by atoms with Crippen LogP contribution >= 0.6 is 0 Å². The molecule has 76 heavy (non-hydrogen) atoms. The quantitative estimate of drug-likeness (QED) is 0.157. The maximum atomic E-state index is 2.54. The van der Waals surface area contributed by atoms with Crippen LogP contribution in [-0.4, -0.2) is 9.13 Å². The lowest BCUT2D eigenvalue weighted by molar-refractivity contribution is 0.590. The first kappa shape index (κ1) is 52.5. The predicted octanol–water partition coefficient (Wildman–Crippen LogP) is 21.2. The lowest BCUT2D eigenvalue weighted by atomic mass is 9.84. The number of benzene rings is 8. The molecule has 8 aromatic carbocycles. The molecule has 10 aromatic rings. The monoisotopic (exact) mass is 999 g/mol. The molecule has 0 aliphatic carbocycles. The van der Waals surface area contributed by atoms with Gasteiger partial charge in [-0.15, -0.1) is 0 Å². The van der Waals surface area contributed by atoms with Gasteiger partial charge in [-0.25, -0.2) is 0 Å². The van der Waals surface area contributed by atoms with Crippen molar-refractivity contribution in [3.63, 3.8) is 0 Å². The third kappa shape index (κ3) is 9.78. The number of hydrogen-bond donors (Lipinski definition) is 0. The summed E-state index contributed by atoms with van der Waals surface area (Å²) in [5.74, 6) is 0. The standard InChI is InChI=1S/C74H82N2/c1-69(2,3)53-29-19-47(20-30-53)65-61-45-57(73(13,14)15)37-41-63(61)75(67(65)49-23-33-55(34-24-49)71(7,8)9)59-39-27-52-44-60(40-28-51(52)43-59)76-64-42-38-58(74(16,17)18)46-62(64)66(48-21-31-54(32-22-48)70(4,5)6)68(76)50-25-35-56(36-26-50)72(10,11)12/h19-46H,1-18H3. The molecule has 0 saturated heterocycles. The zero-order chi connectivity index (χ0) is 54.7. The van der Waals surface area contributed by atoms with E-state index in [1.165, 1.54) is 111 Å². The van der Waals surface area contributed by atoms with E-state index in [0.29, 0.717) is 0 Å². The highest BCUT2D eigenvalue weighted by Crippen LogP contribution is 2.48. The van der Waals surface area contributed by atoms with Gasteiger partial charge in [0.2, 0.25) is 0 Å². The predicted molar refractivity (Wildman–Crippen MR) is 332 cm³/mol. The van der Waals surface area contributed by atoms with E-state index < -0.39 is 0 Å². The van der Waals surface area contributed by atoms with Crippen LogP contribution in [-0.2, 0) is 32.5 Å². The van der Waals surface area contributed by atoms with E-state index in [4.69, 9.17) is 0 Å². The van der Waals surface area contributed by atoms with Crippen molar-refractivity contribution in [2.75, 3.05) is 0 Å². The average molecular weight is 999 g/mol. The second-order valence-corrected chi connectivity index (χ2v) is 28.1. The van der Waals surface area contributed by atoms with Gasteiger partial charge in [0.25, 0.3) is 0 Å². The molecular weight excluding hydrogens is 917 g/mol. The molecule has 0 spiro atoms. The lowest BCUT2D eigenvalue weighted by Crippen LogP contribution is -2.10. The topological polar surface area (TPSA) is 9.86 Å². The Morgan fingerprint density at radius 2 is 0.487 bits per heavy atom. The molecule has 0 fully saturated rings. The minimum Gasteiger partial charge on any atom is -0.309 e. The van der Waals surface area contributed by atoms with Gasteiger partial charge < -0.3 is 9.13 Å². The Morgan fingerprint density at radius 3 is 0.750 bits per heavy atom. The van der Waals surface area contributed by atoms with Crippen LogP contribution in [0.5, 0.6) is 0 Å². The Balaban J connectivity index is 1.22. The Morgan fingerprint density at radius 1 is 0.237 bits per heavy atom. The molecule has 388 valence electrons. The first-order valence-corrected chi connectivity index (χ1v) is 27.8. The summed E-state index contributed by atoms with van der Waals surface area (Å²) in [6, 6.07) is 66.1. The highest BCUT2D eigenvalue weighted by Gasteiger charge is 2.28. The molecule has 0 amide bonds. The van der Waals surface area contributed by atoms with Gasteiger partial charge in [0, 0.05) is 33.3 Å². The van der Waals surface area contributed by atoms with E-state index in [-0.39, 0.29) is 32.5 Å². The molecule has 0 unspecified atom stereocenters. The summed E-state index contributed by atoms with van der Waals surface area (Å²) in [5.41, 5.74) is 22.6. The van der Waals surface area contributed by atoms with Gasteiger partial charge in [0.15, 0.2) is 0 Å². The molecule has 0 bridgehead atoms. The number of rotatable bonds is 6. The molecule has 0 radical (unpaired) electrons. The summed E-state index contributed by atoms with van der Waals surface area (Å²) in [6.45, 7) is 41.5. The molecule has 2 aromatic heterocycles. The van der Waals surface area contributed by atoms with Crippen molar-refractivity contribution in [3.05, 3.63) is 203 Å². The lowest BCUT2D eigenvalue weighted by Gasteiger charge is -2.21. The highest BCUT2D eigenvalue weighted by atomic mass is 15.0. The molecule has 10 rings (SSSR count). The second kappa shape index (κ2) is 18.4. The van der Waals surface area contributed by atoms with Crippen LogP contribution in [0.25, 0.3) is 88.7 Å². The summed E-state index contributed by atoms with van der Waals surface area (Å²) in [6.07, 6.45) is 0. The molecule has 0 N–H and O–H groups in total. The molecule has 0 aliphatic rings. The Bertz CT molecular complexity index is 3530. The third-order valence-corrected chi connectivity index (χ3v) is 16.1. The molecule has 0 aliphatic heterocycles. The van der Waals surface area contributed by atoms with Crippen LogP contribution in [0.2, 0.25) is 0 Å². The molecule has 2 nitrogen and oxygen atoms in total. The van der Waals surface area contributed by atoms with E-state index in [2.05, 4.69) is 304 Å². The zero-order valence-corrected chi connectivity index (χ0v) is 49.1. The maximum Gasteiger partial charge on any atom is 0.0619 e. The van der Waals surface area contributed by atoms with E-state index in [9.17, 15) is 0 Å². The van der Waals surface area contributed by atoms with Gasteiger partial charge in [-0.2, -0.15) is 0 Å². The largest absolute Gasteiger partial charge is 0.309 e. The number of nitrogens with zero attached hydrogens (tertiary/aromatic N) is 2. The van der Waals surface area contributed by atoms with Crippen molar-refractivity contribution in [1.82, 2.24) is 9.13 Å². The smallest absolute Gasteiger partial charge is 0.0619 e. The minimum atomic E-state index is -0.0217. The summed E-state index contributed by atoms with van der Waals surface area (Å²) in [7, 11) is 0. The van der Waals surface area contributed by atoms with Gasteiger partial charge in [-0.05, 0) is 147 Å². The van der Waals surface area contributed by atoms with Crippen LogP contribution in [0.15, 0.2) is 170 Å². The fraction of sp³-hybridized carbons (Fsp3) is 0.324. The number of fused-ring (bicyclic) bond motifs is 3. The van der Waals surface area contributed by atoms with E-state index >= 15 is 0 Å². The highest BCUT2D eigenvalue weighted by molar-refractivity contribution is 6.08. The van der Waals surface area contributed by atoms with Crippen LogP contribution in [0.3, 0.4) is 0 Å². The summed E-state index contributed by atoms with van der Waals surface area (Å²) in [5, 5.41) is 4.92. The SMILES string of the molecule is CC(C)(C)c1ccc(-c2c(-c3ccc(C(C)(C)C)cc3)n(-c3ccc4cc(-n5c(-c6ccc(C(C)(C)C)cc6)c(-c6ccc(C(C)(C)C)cc6)c6cc(C(C)(C)C)ccc65)ccc4c3)c3ccc(C(C)(C)C)cc23)cc1. The fourth-order valence-electron chi connectivity index (χ4n) is 11.2. The normalized spacial score (nSPS) is 13.1. The molecular formula is C74H82N2. The van der Waals surface area contributed by atoms with Crippen molar-refractivity contribution in [1.29, 1.82) is 0 Å². The fourth-order valence-corrected chi connectivity index (χ4v) is 11.2. The van der Waals surface area contributed by atoms with Gasteiger partial charge in [0.1, 0.15) is 0 Å². The molecule has 2 heteroatoms. The van der Waals surface area contributed by atoms with E-state index in [0.717, 1.165) is 11.4 Å². The minimum absolute atomic E-state index is 0.0217. The summed E-state index contributed by atoms with van der Waals surface area (Å²) < 4.78 is 5.08. The first-order chi connectivity index (χ1) is 35.5. The van der Waals surface area contributed by atoms with Crippen LogP contribution in [0, 0.1) is 0 Å². The van der Waals surface area contributed by atoms with Gasteiger partial charge >= 0.3 is 0 Å². The van der Waals surface area contributed by atoms with Gasteiger partial charge in [-0.1, -0.05) is 246 Å². The van der Waals surface area contributed by atoms with Crippen molar-refractivity contribution >= 4 is 32.6 Å². The Kier molecular flexibility index (Phi) is 12.7. The first-order valence-electron chi connectivity index (χ1n) is 27.8. The Labute approximate surface area is 455 Å². The van der Waals surface area contributed by atoms with Crippen LogP contribution < -0.4 is 0 Å². The molecule has 0 saturated carbocycles. The summed E-state index contributed by atoms with van der Waals surface area (Å²) >= 11 is 0. The molecule has 0 atom stereocenters. The summed E-state index contributed by atoms with van der Waals surface area (Å²) in [4.78, 5) is 0. The zero-order valence-electron chi connectivity index (χ0n) is 49.1. The Hall–Kier alpha value is -6.90. The second-order valence-electron chi connectivity index (χ2n) is 28.1. The maximum absolute atomic E-state index is 2.54. The van der Waals surface area contributed by atoms with Crippen molar-refractivity contribution < 1.29 is 0 Å².